The minimum Gasteiger partial charge on any atom is -0.349 e. The van der Waals surface area contributed by atoms with Gasteiger partial charge in [-0.15, -0.1) is 0 Å². The van der Waals surface area contributed by atoms with Crippen LogP contribution in [0.25, 0.3) is 10.8 Å². The van der Waals surface area contributed by atoms with Crippen molar-refractivity contribution >= 4 is 26.7 Å². The molecular weight excluding hydrogens is 391 g/mol. The lowest BCUT2D eigenvalue weighted by molar-refractivity contribution is 0.0924. The number of piperidine rings is 1. The molecule has 0 spiro atoms. The van der Waals surface area contributed by atoms with Crippen LogP contribution in [-0.2, 0) is 10.0 Å². The number of carbonyl (C=O) groups excluding carboxylic acids is 1. The van der Waals surface area contributed by atoms with Crippen molar-refractivity contribution in [2.45, 2.75) is 23.8 Å². The molecule has 1 saturated heterocycles. The van der Waals surface area contributed by atoms with Crippen molar-refractivity contribution in [2.24, 2.45) is 0 Å². The zero-order chi connectivity index (χ0) is 20.4. The Morgan fingerprint density at radius 1 is 0.931 bits per heavy atom. The molecule has 7 heteroatoms. The molecule has 150 valence electrons. The number of rotatable bonds is 4. The van der Waals surface area contributed by atoms with Crippen molar-refractivity contribution in [1.29, 1.82) is 0 Å². The van der Waals surface area contributed by atoms with E-state index in [9.17, 15) is 17.6 Å². The third-order valence-corrected chi connectivity index (χ3v) is 7.15. The van der Waals surface area contributed by atoms with Gasteiger partial charge in [0, 0.05) is 24.7 Å². The summed E-state index contributed by atoms with van der Waals surface area (Å²) >= 11 is 0. The van der Waals surface area contributed by atoms with Gasteiger partial charge in [-0.05, 0) is 60.0 Å². The Hall–Kier alpha value is -2.77. The number of hydrogen-bond acceptors (Lipinski definition) is 3. The molecular formula is C22H21FN2O3S. The Labute approximate surface area is 169 Å². The van der Waals surface area contributed by atoms with Gasteiger partial charge in [-0.3, -0.25) is 4.79 Å². The van der Waals surface area contributed by atoms with Crippen molar-refractivity contribution < 1.29 is 17.6 Å². The normalized spacial score (nSPS) is 16.0. The lowest BCUT2D eigenvalue weighted by Gasteiger charge is -2.31. The number of benzene rings is 3. The number of hydrogen-bond donors (Lipinski definition) is 1. The van der Waals surface area contributed by atoms with Gasteiger partial charge in [0.1, 0.15) is 5.82 Å². The van der Waals surface area contributed by atoms with Crippen LogP contribution >= 0.6 is 0 Å². The smallest absolute Gasteiger partial charge is 0.251 e. The summed E-state index contributed by atoms with van der Waals surface area (Å²) in [7, 11) is -3.58. The van der Waals surface area contributed by atoms with E-state index in [1.54, 1.807) is 12.1 Å². The summed E-state index contributed by atoms with van der Waals surface area (Å²) in [5.41, 5.74) is 0.387. The molecule has 1 N–H and O–H groups in total. The molecule has 3 aromatic carbocycles. The van der Waals surface area contributed by atoms with Gasteiger partial charge in [0.15, 0.2) is 0 Å². The van der Waals surface area contributed by atoms with Crippen molar-refractivity contribution in [3.05, 3.63) is 78.1 Å². The summed E-state index contributed by atoms with van der Waals surface area (Å²) in [6.45, 7) is 0.674. The topological polar surface area (TPSA) is 66.5 Å². The van der Waals surface area contributed by atoms with Gasteiger partial charge in [-0.1, -0.05) is 30.3 Å². The van der Waals surface area contributed by atoms with Crippen molar-refractivity contribution in [1.82, 2.24) is 9.62 Å². The molecule has 4 rings (SSSR count). The van der Waals surface area contributed by atoms with Crippen molar-refractivity contribution in [3.8, 4) is 0 Å². The molecule has 0 bridgehead atoms. The van der Waals surface area contributed by atoms with E-state index in [0.717, 1.165) is 10.8 Å². The highest BCUT2D eigenvalue weighted by molar-refractivity contribution is 7.89. The first kappa shape index (κ1) is 19.5. The Kier molecular flexibility index (Phi) is 5.34. The molecule has 1 fully saturated rings. The molecule has 1 aliphatic heterocycles. The summed E-state index contributed by atoms with van der Waals surface area (Å²) in [6.07, 6.45) is 1.06. The Morgan fingerprint density at radius 3 is 2.28 bits per heavy atom. The van der Waals surface area contributed by atoms with Gasteiger partial charge >= 0.3 is 0 Å². The SMILES string of the molecule is O=C(NC1CCN(S(=O)(=O)c2ccc3ccccc3c2)CC1)c1ccc(F)cc1. The quantitative estimate of drug-likeness (QED) is 0.713. The van der Waals surface area contributed by atoms with Gasteiger partial charge in [-0.25, -0.2) is 12.8 Å². The van der Waals surface area contributed by atoms with E-state index in [2.05, 4.69) is 5.32 Å². The van der Waals surface area contributed by atoms with Crippen molar-refractivity contribution in [2.75, 3.05) is 13.1 Å². The summed E-state index contributed by atoms with van der Waals surface area (Å²) in [4.78, 5) is 12.6. The number of sulfonamides is 1. The molecule has 0 radical (unpaired) electrons. The fraction of sp³-hybridized carbons (Fsp3) is 0.227. The highest BCUT2D eigenvalue weighted by atomic mass is 32.2. The molecule has 0 saturated carbocycles. The zero-order valence-corrected chi connectivity index (χ0v) is 16.5. The summed E-state index contributed by atoms with van der Waals surface area (Å²) in [5, 5.41) is 4.79. The Balaban J connectivity index is 1.41. The third kappa shape index (κ3) is 4.16. The van der Waals surface area contributed by atoms with Gasteiger partial charge in [0.2, 0.25) is 10.0 Å². The first-order valence-corrected chi connectivity index (χ1v) is 10.9. The van der Waals surface area contributed by atoms with Crippen LogP contribution in [0.4, 0.5) is 4.39 Å². The predicted molar refractivity (Wildman–Crippen MR) is 110 cm³/mol. The zero-order valence-electron chi connectivity index (χ0n) is 15.7. The fourth-order valence-electron chi connectivity index (χ4n) is 3.59. The standard InChI is InChI=1S/C22H21FN2O3S/c23-19-8-5-17(6-9-19)22(26)24-20-11-13-25(14-12-20)29(27,28)21-10-7-16-3-1-2-4-18(16)15-21/h1-10,15,20H,11-14H2,(H,24,26). The van der Waals surface area contributed by atoms with Crippen LogP contribution in [0.3, 0.4) is 0 Å². The van der Waals surface area contributed by atoms with E-state index >= 15 is 0 Å². The molecule has 29 heavy (non-hydrogen) atoms. The van der Waals surface area contributed by atoms with Gasteiger partial charge in [0.05, 0.1) is 4.90 Å². The largest absolute Gasteiger partial charge is 0.349 e. The van der Waals surface area contributed by atoms with E-state index in [-0.39, 0.29) is 16.8 Å². The maximum atomic E-state index is 13.0. The maximum Gasteiger partial charge on any atom is 0.251 e. The molecule has 0 unspecified atom stereocenters. The number of halogens is 1. The number of nitrogens with zero attached hydrogens (tertiary/aromatic N) is 1. The van der Waals surface area contributed by atoms with E-state index in [4.69, 9.17) is 0 Å². The summed E-state index contributed by atoms with van der Waals surface area (Å²) in [6, 6.07) is 18.0. The first-order valence-electron chi connectivity index (χ1n) is 9.49. The number of amides is 1. The number of fused-ring (bicyclic) bond motifs is 1. The first-order chi connectivity index (χ1) is 13.9. The number of carbonyl (C=O) groups is 1. The van der Waals surface area contributed by atoms with Gasteiger partial charge in [0.25, 0.3) is 5.91 Å². The molecule has 5 nitrogen and oxygen atoms in total. The van der Waals surface area contributed by atoms with Crippen LogP contribution in [0.15, 0.2) is 71.6 Å². The molecule has 0 aliphatic carbocycles. The Morgan fingerprint density at radius 2 is 1.59 bits per heavy atom. The van der Waals surface area contributed by atoms with Gasteiger partial charge < -0.3 is 5.32 Å². The fourth-order valence-corrected chi connectivity index (χ4v) is 5.09. The van der Waals surface area contributed by atoms with E-state index in [1.807, 2.05) is 30.3 Å². The molecule has 0 aromatic heterocycles. The second-order valence-corrected chi connectivity index (χ2v) is 9.11. The third-order valence-electron chi connectivity index (χ3n) is 5.25. The summed E-state index contributed by atoms with van der Waals surface area (Å²) < 4.78 is 40.5. The van der Waals surface area contributed by atoms with E-state index in [1.165, 1.54) is 28.6 Å². The maximum absolute atomic E-state index is 13.0. The lowest BCUT2D eigenvalue weighted by Crippen LogP contribution is -2.46. The molecule has 1 amide bonds. The van der Waals surface area contributed by atoms with Gasteiger partial charge in [-0.2, -0.15) is 4.31 Å². The average Bonchev–Trinajstić information content (AvgIpc) is 2.74. The van der Waals surface area contributed by atoms with Crippen LogP contribution in [0.1, 0.15) is 23.2 Å². The second-order valence-electron chi connectivity index (χ2n) is 7.17. The highest BCUT2D eigenvalue weighted by Gasteiger charge is 2.30. The van der Waals surface area contributed by atoms with Crippen LogP contribution in [-0.4, -0.2) is 37.8 Å². The van der Waals surface area contributed by atoms with Crippen molar-refractivity contribution in [3.63, 3.8) is 0 Å². The molecule has 1 aliphatic rings. The molecule has 3 aromatic rings. The van der Waals surface area contributed by atoms with Crippen LogP contribution in [0.2, 0.25) is 0 Å². The lowest BCUT2D eigenvalue weighted by atomic mass is 10.1. The summed E-state index contributed by atoms with van der Waals surface area (Å²) in [5.74, 6) is -0.672. The highest BCUT2D eigenvalue weighted by Crippen LogP contribution is 2.24. The Bertz CT molecular complexity index is 1140. The average molecular weight is 412 g/mol. The minimum atomic E-state index is -3.58. The monoisotopic (exact) mass is 412 g/mol. The second kappa shape index (κ2) is 7.93. The molecule has 1 heterocycles. The predicted octanol–water partition coefficient (Wildman–Crippen LogP) is 3.56. The minimum absolute atomic E-state index is 0.115. The van der Waals surface area contributed by atoms with Crippen LogP contribution < -0.4 is 5.32 Å². The van der Waals surface area contributed by atoms with E-state index < -0.39 is 15.8 Å². The van der Waals surface area contributed by atoms with Crippen LogP contribution in [0, 0.1) is 5.82 Å². The number of nitrogens with one attached hydrogen (secondary N) is 1. The van der Waals surface area contributed by atoms with E-state index in [0.29, 0.717) is 31.5 Å². The molecule has 0 atom stereocenters. The van der Waals surface area contributed by atoms with Crippen LogP contribution in [0.5, 0.6) is 0 Å².